The van der Waals surface area contributed by atoms with Gasteiger partial charge < -0.3 is 29.9 Å². The van der Waals surface area contributed by atoms with Crippen LogP contribution in [0.1, 0.15) is 51.9 Å². The van der Waals surface area contributed by atoms with Crippen LogP contribution < -0.4 is 24.8 Å². The number of halogens is 2. The van der Waals surface area contributed by atoms with E-state index in [9.17, 15) is 0 Å². The molecule has 1 N–H and O–H groups in total. The molecule has 0 aliphatic heterocycles. The third-order valence-corrected chi connectivity index (χ3v) is 4.21. The molecular formula is C15H21Cl2O2Ti. The summed E-state index contributed by atoms with van der Waals surface area (Å²) >= 11 is 0. The average molecular weight is 352 g/mol. The number of allylic oxidation sites excluding steroid dienone is 4. The molecule has 0 bridgehead atoms. The van der Waals surface area contributed by atoms with E-state index in [0.29, 0.717) is 0 Å². The van der Waals surface area contributed by atoms with Gasteiger partial charge in [0.25, 0.3) is 6.47 Å². The molecule has 0 heterocycles. The summed E-state index contributed by atoms with van der Waals surface area (Å²) in [6.45, 7) is 2.17. The van der Waals surface area contributed by atoms with Gasteiger partial charge in [0, 0.05) is 0 Å². The van der Waals surface area contributed by atoms with Gasteiger partial charge in [-0.2, -0.15) is 5.57 Å². The Labute approximate surface area is 149 Å². The van der Waals surface area contributed by atoms with Gasteiger partial charge in [0.1, 0.15) is 0 Å². The predicted octanol–water partition coefficient (Wildman–Crippen LogP) is -2.10. The van der Waals surface area contributed by atoms with Gasteiger partial charge in [0.05, 0.1) is 0 Å². The molecule has 0 aromatic heterocycles. The Morgan fingerprint density at radius 3 is 2.30 bits per heavy atom. The number of rotatable bonds is 0. The van der Waals surface area contributed by atoms with Crippen LogP contribution in [-0.2, 0) is 26.5 Å². The maximum Gasteiger partial charge on any atom is 3.00 e. The zero-order chi connectivity index (χ0) is 12.3. The van der Waals surface area contributed by atoms with Crippen LogP contribution in [0.5, 0.6) is 0 Å². The molecule has 2 nitrogen and oxygen atoms in total. The van der Waals surface area contributed by atoms with Crippen molar-refractivity contribution in [1.82, 2.24) is 0 Å². The van der Waals surface area contributed by atoms with Crippen LogP contribution >= 0.6 is 0 Å². The van der Waals surface area contributed by atoms with Crippen LogP contribution in [0.4, 0.5) is 0 Å². The first-order valence-electron chi connectivity index (χ1n) is 6.66. The van der Waals surface area contributed by atoms with Gasteiger partial charge in [-0.3, -0.25) is 4.79 Å². The van der Waals surface area contributed by atoms with Gasteiger partial charge >= 0.3 is 21.7 Å². The third kappa shape index (κ3) is 4.56. The summed E-state index contributed by atoms with van der Waals surface area (Å²) in [7, 11) is 0. The van der Waals surface area contributed by atoms with Crippen molar-refractivity contribution in [3.05, 3.63) is 28.7 Å². The normalized spacial score (nSPS) is 22.6. The number of carbonyl (C=O) groups is 1. The standard InChI is InChI=1S/C14H19.CH2O2.2ClH.Ti/c1-10-11-6-2-4-8-13(11)14-9-5-3-7-12(10)14;2-1-3;;;/h6,10H,2-5,7-9H2,1H3;1H,(H,2,3);2*1H;/q-1;;;;+3/p-2. The van der Waals surface area contributed by atoms with E-state index in [4.69, 9.17) is 9.90 Å². The van der Waals surface area contributed by atoms with E-state index >= 15 is 0 Å². The zero-order valence-corrected chi connectivity index (χ0v) is 14.9. The van der Waals surface area contributed by atoms with Gasteiger partial charge in [-0.25, -0.2) is 12.0 Å². The van der Waals surface area contributed by atoms with Crippen LogP contribution in [0.2, 0.25) is 0 Å². The maximum absolute atomic E-state index is 8.36. The minimum Gasteiger partial charge on any atom is -1.00 e. The average Bonchev–Trinajstić information content (AvgIpc) is 2.66. The molecule has 1 unspecified atom stereocenters. The Hall–Kier alpha value is 0.114. The molecule has 20 heavy (non-hydrogen) atoms. The fourth-order valence-electron chi connectivity index (χ4n) is 3.51. The predicted molar refractivity (Wildman–Crippen MR) is 68.5 cm³/mol. The quantitative estimate of drug-likeness (QED) is 0.308. The van der Waals surface area contributed by atoms with E-state index in [1.807, 2.05) is 0 Å². The molecule has 3 aliphatic carbocycles. The van der Waals surface area contributed by atoms with Gasteiger partial charge in [-0.05, 0) is 25.2 Å². The Kier molecular flexibility index (Phi) is 12.1. The zero-order valence-electron chi connectivity index (χ0n) is 11.8. The molecule has 1 radical (unpaired) electrons. The molecule has 3 aliphatic rings. The number of carboxylic acid groups (broad SMARTS) is 1. The second kappa shape index (κ2) is 10.8. The van der Waals surface area contributed by atoms with Crippen molar-refractivity contribution < 1.29 is 56.4 Å². The van der Waals surface area contributed by atoms with E-state index in [1.165, 1.54) is 44.9 Å². The molecule has 0 aromatic rings. The fourth-order valence-corrected chi connectivity index (χ4v) is 3.51. The third-order valence-electron chi connectivity index (χ3n) is 4.21. The van der Waals surface area contributed by atoms with Crippen molar-refractivity contribution in [3.63, 3.8) is 0 Å². The van der Waals surface area contributed by atoms with Crippen LogP contribution in [0.15, 0.2) is 22.3 Å². The van der Waals surface area contributed by atoms with E-state index in [0.717, 1.165) is 5.92 Å². The summed E-state index contributed by atoms with van der Waals surface area (Å²) < 4.78 is 0. The Bertz CT molecular complexity index is 346. The molecule has 111 valence electrons. The minimum atomic E-state index is -0.250. The van der Waals surface area contributed by atoms with Gasteiger partial charge in [0.2, 0.25) is 0 Å². The smallest absolute Gasteiger partial charge is 1.00 e. The minimum absolute atomic E-state index is 0. The first kappa shape index (κ1) is 22.4. The Balaban J connectivity index is 0. The number of hydrogen-bond donors (Lipinski definition) is 1. The van der Waals surface area contributed by atoms with E-state index < -0.39 is 0 Å². The van der Waals surface area contributed by atoms with Gasteiger partial charge in [0.15, 0.2) is 0 Å². The van der Waals surface area contributed by atoms with Crippen LogP contribution in [0.25, 0.3) is 0 Å². The first-order valence-corrected chi connectivity index (χ1v) is 6.66. The molecular weight excluding hydrogens is 331 g/mol. The molecule has 0 spiro atoms. The van der Waals surface area contributed by atoms with Crippen molar-refractivity contribution in [1.29, 1.82) is 0 Å². The molecule has 5 heteroatoms. The van der Waals surface area contributed by atoms with Crippen LogP contribution in [0, 0.1) is 12.3 Å². The molecule has 0 amide bonds. The number of hydrogen-bond acceptors (Lipinski definition) is 1. The van der Waals surface area contributed by atoms with Crippen LogP contribution in [0.3, 0.4) is 0 Å². The molecule has 1 atom stereocenters. The summed E-state index contributed by atoms with van der Waals surface area (Å²) in [6.07, 6.45) is 12.2. The fraction of sp³-hybridized carbons (Fsp3) is 0.600. The first-order chi connectivity index (χ1) is 8.29. The SMILES string of the molecule is CC1C2=C(CCC[CH-]2)C2=C1CCCC2.O=CO.[Cl-].[Cl-].[Ti+3]. The monoisotopic (exact) mass is 351 g/mol. The van der Waals surface area contributed by atoms with Crippen molar-refractivity contribution in [2.24, 2.45) is 5.92 Å². The van der Waals surface area contributed by atoms with E-state index in [-0.39, 0.29) is 53.0 Å². The largest absolute Gasteiger partial charge is 3.00 e. The van der Waals surface area contributed by atoms with Crippen molar-refractivity contribution in [3.8, 4) is 0 Å². The van der Waals surface area contributed by atoms with Crippen molar-refractivity contribution in [2.75, 3.05) is 0 Å². The summed E-state index contributed by atoms with van der Waals surface area (Å²) in [5.41, 5.74) is 7.07. The second-order valence-electron chi connectivity index (χ2n) is 5.07. The van der Waals surface area contributed by atoms with Crippen LogP contribution in [-0.4, -0.2) is 11.6 Å². The van der Waals surface area contributed by atoms with Crippen molar-refractivity contribution >= 4 is 6.47 Å². The summed E-state index contributed by atoms with van der Waals surface area (Å²) in [6, 6.07) is 0. The molecule has 0 aromatic carbocycles. The summed E-state index contributed by atoms with van der Waals surface area (Å²) in [5.74, 6) is 0.778. The summed E-state index contributed by atoms with van der Waals surface area (Å²) in [5, 5.41) is 6.89. The maximum atomic E-state index is 8.36. The van der Waals surface area contributed by atoms with E-state index in [1.54, 1.807) is 22.3 Å². The molecule has 0 fully saturated rings. The number of fused-ring (bicyclic) bond motifs is 1. The van der Waals surface area contributed by atoms with Gasteiger partial charge in [-0.1, -0.05) is 31.8 Å². The Morgan fingerprint density at radius 2 is 1.65 bits per heavy atom. The molecule has 0 saturated carbocycles. The van der Waals surface area contributed by atoms with Crippen molar-refractivity contribution in [2.45, 2.75) is 51.9 Å². The molecule has 0 saturated heterocycles. The second-order valence-corrected chi connectivity index (χ2v) is 5.07. The van der Waals surface area contributed by atoms with E-state index in [2.05, 4.69) is 13.3 Å². The topological polar surface area (TPSA) is 37.3 Å². The Morgan fingerprint density at radius 1 is 1.10 bits per heavy atom. The summed E-state index contributed by atoms with van der Waals surface area (Å²) in [4.78, 5) is 8.36. The molecule has 3 rings (SSSR count). The van der Waals surface area contributed by atoms with Gasteiger partial charge in [-0.15, -0.1) is 12.0 Å².